The third-order valence-electron chi connectivity index (χ3n) is 6.44. The second kappa shape index (κ2) is 10.1. The van der Waals surface area contributed by atoms with Gasteiger partial charge in [0.15, 0.2) is 0 Å². The van der Waals surface area contributed by atoms with Gasteiger partial charge in [-0.2, -0.15) is 0 Å². The maximum Gasteiger partial charge on any atom is 0.222 e. The Bertz CT molecular complexity index is 565. The minimum Gasteiger partial charge on any atom is -0.357 e. The molecule has 2 atom stereocenters. The Kier molecular flexibility index (Phi) is 7.50. The normalized spacial score (nSPS) is 22.4. The van der Waals surface area contributed by atoms with E-state index >= 15 is 0 Å². The van der Waals surface area contributed by atoms with Gasteiger partial charge in [0.2, 0.25) is 5.91 Å². The van der Waals surface area contributed by atoms with Crippen LogP contribution in [-0.2, 0) is 4.79 Å². The van der Waals surface area contributed by atoms with Crippen molar-refractivity contribution < 1.29 is 4.79 Å². The molecular formula is C22H36N4O. The van der Waals surface area contributed by atoms with Gasteiger partial charge in [0, 0.05) is 38.8 Å². The van der Waals surface area contributed by atoms with Crippen LogP contribution in [0.5, 0.6) is 0 Å². The predicted molar refractivity (Wildman–Crippen MR) is 111 cm³/mol. The summed E-state index contributed by atoms with van der Waals surface area (Å²) < 4.78 is 0. The van der Waals surface area contributed by atoms with Gasteiger partial charge >= 0.3 is 0 Å². The van der Waals surface area contributed by atoms with E-state index in [0.29, 0.717) is 30.1 Å². The van der Waals surface area contributed by atoms with Crippen LogP contribution >= 0.6 is 0 Å². The number of carbonyl (C=O) groups is 1. The van der Waals surface area contributed by atoms with Crippen molar-refractivity contribution in [1.82, 2.24) is 15.2 Å². The highest BCUT2D eigenvalue weighted by atomic mass is 16.2. The maximum atomic E-state index is 12.9. The number of piperidine rings is 2. The van der Waals surface area contributed by atoms with Crippen LogP contribution in [0.4, 0.5) is 5.82 Å². The van der Waals surface area contributed by atoms with Gasteiger partial charge in [-0.15, -0.1) is 0 Å². The van der Waals surface area contributed by atoms with Crippen LogP contribution in [0.2, 0.25) is 0 Å². The van der Waals surface area contributed by atoms with E-state index in [9.17, 15) is 4.79 Å². The number of carbonyl (C=O) groups excluding carboxylic acids is 1. The Balaban J connectivity index is 1.45. The first-order valence-electron chi connectivity index (χ1n) is 10.8. The van der Waals surface area contributed by atoms with Crippen LogP contribution < -0.4 is 10.2 Å². The topological polar surface area (TPSA) is 48.5 Å². The third kappa shape index (κ3) is 5.68. The molecule has 0 bridgehead atoms. The van der Waals surface area contributed by atoms with Gasteiger partial charge in [-0.05, 0) is 75.6 Å². The average molecular weight is 373 g/mol. The van der Waals surface area contributed by atoms with E-state index in [1.807, 2.05) is 12.3 Å². The first-order chi connectivity index (χ1) is 13.2. The molecule has 1 N–H and O–H groups in total. The summed E-state index contributed by atoms with van der Waals surface area (Å²) in [4.78, 5) is 21.8. The fourth-order valence-electron chi connectivity index (χ4n) is 4.54. The number of anilines is 1. The number of aromatic nitrogens is 1. The maximum absolute atomic E-state index is 12.9. The lowest BCUT2D eigenvalue weighted by Crippen LogP contribution is -2.42. The van der Waals surface area contributed by atoms with Crippen LogP contribution in [0, 0.1) is 17.8 Å². The Labute approximate surface area is 164 Å². The zero-order valence-electron chi connectivity index (χ0n) is 17.1. The lowest BCUT2D eigenvalue weighted by Gasteiger charge is -2.36. The second-order valence-corrected chi connectivity index (χ2v) is 8.34. The zero-order valence-corrected chi connectivity index (χ0v) is 17.1. The van der Waals surface area contributed by atoms with Crippen LogP contribution in [0.25, 0.3) is 0 Å². The minimum absolute atomic E-state index is 0.350. The highest BCUT2D eigenvalue weighted by molar-refractivity contribution is 5.76. The van der Waals surface area contributed by atoms with Gasteiger partial charge in [-0.25, -0.2) is 4.98 Å². The fraction of sp³-hybridized carbons (Fsp3) is 0.727. The Morgan fingerprint density at radius 2 is 2.15 bits per heavy atom. The molecule has 2 fully saturated rings. The van der Waals surface area contributed by atoms with Gasteiger partial charge in [0.25, 0.3) is 0 Å². The molecule has 3 heterocycles. The second-order valence-electron chi connectivity index (χ2n) is 8.34. The molecule has 2 aliphatic heterocycles. The van der Waals surface area contributed by atoms with E-state index in [2.05, 4.69) is 46.1 Å². The molecule has 1 amide bonds. The number of nitrogens with one attached hydrogen (secondary N) is 1. The van der Waals surface area contributed by atoms with E-state index in [1.54, 1.807) is 0 Å². The third-order valence-corrected chi connectivity index (χ3v) is 6.44. The average Bonchev–Trinajstić information content (AvgIpc) is 2.73. The van der Waals surface area contributed by atoms with Crippen LogP contribution in [-0.4, -0.2) is 55.1 Å². The summed E-state index contributed by atoms with van der Waals surface area (Å²) in [6.45, 7) is 10.4. The number of rotatable bonds is 7. The monoisotopic (exact) mass is 372 g/mol. The van der Waals surface area contributed by atoms with Crippen molar-refractivity contribution in [3.8, 4) is 0 Å². The zero-order chi connectivity index (χ0) is 19.1. The van der Waals surface area contributed by atoms with Crippen LogP contribution in [0.1, 0.15) is 46.0 Å². The molecule has 5 heteroatoms. The molecule has 150 valence electrons. The van der Waals surface area contributed by atoms with E-state index < -0.39 is 0 Å². The summed E-state index contributed by atoms with van der Waals surface area (Å²) >= 11 is 0. The number of pyridine rings is 1. The first-order valence-corrected chi connectivity index (χ1v) is 10.8. The Hall–Kier alpha value is -1.62. The first kappa shape index (κ1) is 20.1. The predicted octanol–water partition coefficient (Wildman–Crippen LogP) is 3.17. The molecule has 3 rings (SSSR count). The number of nitrogens with zero attached hydrogens (tertiary/aromatic N) is 3. The van der Waals surface area contributed by atoms with Crippen molar-refractivity contribution in [2.45, 2.75) is 46.0 Å². The highest BCUT2D eigenvalue weighted by Gasteiger charge is 2.27. The Morgan fingerprint density at radius 1 is 1.33 bits per heavy atom. The largest absolute Gasteiger partial charge is 0.357 e. The molecule has 0 radical (unpaired) electrons. The summed E-state index contributed by atoms with van der Waals surface area (Å²) in [5.74, 6) is 3.17. The summed E-state index contributed by atoms with van der Waals surface area (Å²) in [7, 11) is 0. The van der Waals surface area contributed by atoms with Gasteiger partial charge in [-0.3, -0.25) is 4.79 Å². The number of hydrogen-bond acceptors (Lipinski definition) is 4. The van der Waals surface area contributed by atoms with Gasteiger partial charge in [0.05, 0.1) is 0 Å². The Morgan fingerprint density at radius 3 is 2.78 bits per heavy atom. The lowest BCUT2D eigenvalue weighted by molar-refractivity contribution is -0.133. The molecule has 5 nitrogen and oxygen atoms in total. The molecule has 0 aromatic carbocycles. The fourth-order valence-corrected chi connectivity index (χ4v) is 4.54. The standard InChI is InChI=1S/C22H36N4O/c1-3-25(22(27)15-18(2)20-7-6-11-23-16-20)17-19-9-13-26(14-10-19)21-8-4-5-12-24-21/h4-5,8,12,18-20,23H,3,6-7,9-11,13-17H2,1-2H3. The molecule has 27 heavy (non-hydrogen) atoms. The van der Waals surface area contributed by atoms with Crippen molar-refractivity contribution in [3.05, 3.63) is 24.4 Å². The van der Waals surface area contributed by atoms with Crippen molar-refractivity contribution >= 4 is 11.7 Å². The molecule has 2 unspecified atom stereocenters. The van der Waals surface area contributed by atoms with Gasteiger partial charge in [-0.1, -0.05) is 13.0 Å². The number of hydrogen-bond donors (Lipinski definition) is 1. The van der Waals surface area contributed by atoms with Crippen molar-refractivity contribution in [2.75, 3.05) is 44.2 Å². The SMILES string of the molecule is CCN(CC1CCN(c2ccccn2)CC1)C(=O)CC(C)C1CCCNC1. The van der Waals surface area contributed by atoms with E-state index in [0.717, 1.165) is 57.9 Å². The summed E-state index contributed by atoms with van der Waals surface area (Å²) in [6.07, 6.45) is 7.36. The molecule has 1 aromatic heterocycles. The molecular weight excluding hydrogens is 336 g/mol. The van der Waals surface area contributed by atoms with Crippen molar-refractivity contribution in [1.29, 1.82) is 0 Å². The molecule has 2 aliphatic rings. The highest BCUT2D eigenvalue weighted by Crippen LogP contribution is 2.25. The van der Waals surface area contributed by atoms with E-state index in [1.165, 1.54) is 12.8 Å². The van der Waals surface area contributed by atoms with E-state index in [4.69, 9.17) is 0 Å². The van der Waals surface area contributed by atoms with Gasteiger partial charge in [0.1, 0.15) is 5.82 Å². The smallest absolute Gasteiger partial charge is 0.222 e. The van der Waals surface area contributed by atoms with Crippen molar-refractivity contribution in [2.24, 2.45) is 17.8 Å². The number of amides is 1. The molecule has 2 saturated heterocycles. The molecule has 0 aliphatic carbocycles. The minimum atomic E-state index is 0.350. The molecule has 0 spiro atoms. The summed E-state index contributed by atoms with van der Waals surface area (Å²) in [6, 6.07) is 6.10. The van der Waals surface area contributed by atoms with E-state index in [-0.39, 0.29) is 0 Å². The molecule has 0 saturated carbocycles. The summed E-state index contributed by atoms with van der Waals surface area (Å²) in [5, 5.41) is 3.48. The van der Waals surface area contributed by atoms with Gasteiger partial charge < -0.3 is 15.1 Å². The quantitative estimate of drug-likeness (QED) is 0.799. The summed E-state index contributed by atoms with van der Waals surface area (Å²) in [5.41, 5.74) is 0. The molecule has 1 aromatic rings. The van der Waals surface area contributed by atoms with Crippen LogP contribution in [0.15, 0.2) is 24.4 Å². The van der Waals surface area contributed by atoms with Crippen molar-refractivity contribution in [3.63, 3.8) is 0 Å². The van der Waals surface area contributed by atoms with Crippen LogP contribution in [0.3, 0.4) is 0 Å². The lowest BCUT2D eigenvalue weighted by atomic mass is 9.85.